The van der Waals surface area contributed by atoms with Crippen LogP contribution in [-0.2, 0) is 18.7 Å². The summed E-state index contributed by atoms with van der Waals surface area (Å²) in [5, 5.41) is 15.5. The smallest absolute Gasteiger partial charge is 0.140 e. The van der Waals surface area contributed by atoms with Crippen LogP contribution in [0.1, 0.15) is 22.3 Å². The van der Waals surface area contributed by atoms with E-state index in [-0.39, 0.29) is 28.7 Å². The van der Waals surface area contributed by atoms with Gasteiger partial charge in [-0.05, 0) is 58.9 Å². The van der Waals surface area contributed by atoms with E-state index in [2.05, 4.69) is 37.9 Å². The fraction of sp³-hybridized carbons (Fsp3) is 0.185. The molecule has 0 radical (unpaired) electrons. The van der Waals surface area contributed by atoms with Gasteiger partial charge in [-0.3, -0.25) is 4.90 Å². The molecule has 0 spiro atoms. The molecular formula is C27H21BrF4N4O. The Hall–Kier alpha value is -3.52. The van der Waals surface area contributed by atoms with E-state index in [1.54, 1.807) is 24.1 Å². The summed E-state index contributed by atoms with van der Waals surface area (Å²) in [6, 6.07) is 12.2. The Morgan fingerprint density at radius 1 is 0.973 bits per heavy atom. The van der Waals surface area contributed by atoms with Crippen LogP contribution >= 0.6 is 15.9 Å². The van der Waals surface area contributed by atoms with Crippen LogP contribution < -0.4 is 0 Å². The van der Waals surface area contributed by atoms with Crippen molar-refractivity contribution in [2.75, 3.05) is 13.6 Å². The minimum atomic E-state index is -1.73. The van der Waals surface area contributed by atoms with Gasteiger partial charge in [0.25, 0.3) is 0 Å². The summed E-state index contributed by atoms with van der Waals surface area (Å²) in [5.41, 5.74) is -0.361. The Labute approximate surface area is 219 Å². The predicted molar refractivity (Wildman–Crippen MR) is 133 cm³/mol. The molecule has 0 saturated carbocycles. The van der Waals surface area contributed by atoms with Crippen LogP contribution in [0.4, 0.5) is 17.6 Å². The second-order valence-corrected chi connectivity index (χ2v) is 9.47. The summed E-state index contributed by atoms with van der Waals surface area (Å²) in [6.45, 7) is 0.301. The van der Waals surface area contributed by atoms with E-state index >= 15 is 0 Å². The summed E-state index contributed by atoms with van der Waals surface area (Å²) < 4.78 is 57.2. The average molecular weight is 573 g/mol. The standard InChI is InChI=1S/C27H21BrF4N4O/c1-35(14-27(37,15-36-17-33-16-34-36)22-9-8-21(29)11-25(22)31)13-19-4-2-18(3-5-19)6-7-20-10-26(32)23(28)12-24(20)30/h2-5,8-12,16-17,37H,13-15H2,1H3. The number of hydrogen-bond acceptors (Lipinski definition) is 4. The number of nitrogens with zero attached hydrogens (tertiary/aromatic N) is 4. The van der Waals surface area contributed by atoms with Crippen LogP contribution in [0.2, 0.25) is 0 Å². The Morgan fingerprint density at radius 3 is 2.41 bits per heavy atom. The molecule has 10 heteroatoms. The molecule has 0 aliphatic carbocycles. The van der Waals surface area contributed by atoms with Crippen molar-refractivity contribution < 1.29 is 22.7 Å². The number of rotatable bonds is 7. The molecule has 1 heterocycles. The number of likely N-dealkylation sites (N-methyl/N-ethyl adjacent to an activating group) is 1. The van der Waals surface area contributed by atoms with Crippen molar-refractivity contribution in [3.8, 4) is 11.8 Å². The van der Waals surface area contributed by atoms with Gasteiger partial charge in [-0.2, -0.15) is 5.10 Å². The van der Waals surface area contributed by atoms with Gasteiger partial charge in [0.15, 0.2) is 0 Å². The highest BCUT2D eigenvalue weighted by atomic mass is 79.9. The normalized spacial score (nSPS) is 12.8. The topological polar surface area (TPSA) is 54.2 Å². The van der Waals surface area contributed by atoms with Crippen molar-refractivity contribution in [2.24, 2.45) is 0 Å². The molecule has 4 aromatic rings. The van der Waals surface area contributed by atoms with Gasteiger partial charge < -0.3 is 5.11 Å². The summed E-state index contributed by atoms with van der Waals surface area (Å²) in [5.74, 6) is 2.61. The fourth-order valence-corrected chi connectivity index (χ4v) is 4.25. The zero-order chi connectivity index (χ0) is 26.6. The molecule has 0 amide bonds. The van der Waals surface area contributed by atoms with Crippen molar-refractivity contribution in [3.63, 3.8) is 0 Å². The van der Waals surface area contributed by atoms with Crippen molar-refractivity contribution in [2.45, 2.75) is 18.7 Å². The molecule has 1 aromatic heterocycles. The van der Waals surface area contributed by atoms with Crippen LogP contribution in [-0.4, -0.2) is 38.4 Å². The van der Waals surface area contributed by atoms with Gasteiger partial charge >= 0.3 is 0 Å². The van der Waals surface area contributed by atoms with Crippen LogP contribution in [0.25, 0.3) is 0 Å². The Kier molecular flexibility index (Phi) is 8.07. The molecule has 1 N–H and O–H groups in total. The Morgan fingerprint density at radius 2 is 1.73 bits per heavy atom. The van der Waals surface area contributed by atoms with Crippen LogP contribution in [0, 0.1) is 35.1 Å². The molecule has 190 valence electrons. The molecule has 37 heavy (non-hydrogen) atoms. The molecule has 1 atom stereocenters. The van der Waals surface area contributed by atoms with Crippen molar-refractivity contribution in [3.05, 3.63) is 117 Å². The lowest BCUT2D eigenvalue weighted by atomic mass is 9.92. The van der Waals surface area contributed by atoms with Crippen molar-refractivity contribution in [1.82, 2.24) is 19.7 Å². The minimum absolute atomic E-state index is 0.00533. The molecule has 0 saturated heterocycles. The molecule has 4 rings (SSSR count). The van der Waals surface area contributed by atoms with E-state index in [1.165, 1.54) is 23.4 Å². The fourth-order valence-electron chi connectivity index (χ4n) is 3.94. The van der Waals surface area contributed by atoms with E-state index in [0.29, 0.717) is 12.1 Å². The molecule has 3 aromatic carbocycles. The summed E-state index contributed by atoms with van der Waals surface area (Å²) in [4.78, 5) is 5.65. The van der Waals surface area contributed by atoms with Gasteiger partial charge in [0.1, 0.15) is 41.5 Å². The largest absolute Gasteiger partial charge is 0.382 e. The van der Waals surface area contributed by atoms with Crippen molar-refractivity contribution >= 4 is 15.9 Å². The third kappa shape index (κ3) is 6.63. The second-order valence-electron chi connectivity index (χ2n) is 8.61. The lowest BCUT2D eigenvalue weighted by Gasteiger charge is -2.33. The third-order valence-electron chi connectivity index (χ3n) is 5.61. The van der Waals surface area contributed by atoms with Crippen LogP contribution in [0.3, 0.4) is 0 Å². The first kappa shape index (κ1) is 26.5. The van der Waals surface area contributed by atoms with E-state index in [4.69, 9.17) is 0 Å². The maximum Gasteiger partial charge on any atom is 0.140 e. The van der Waals surface area contributed by atoms with Crippen LogP contribution in [0.15, 0.2) is 71.7 Å². The summed E-state index contributed by atoms with van der Waals surface area (Å²) >= 11 is 2.93. The van der Waals surface area contributed by atoms with Crippen molar-refractivity contribution in [1.29, 1.82) is 0 Å². The quantitative estimate of drug-likeness (QED) is 0.192. The molecule has 0 aliphatic rings. The monoisotopic (exact) mass is 572 g/mol. The zero-order valence-electron chi connectivity index (χ0n) is 19.6. The minimum Gasteiger partial charge on any atom is -0.382 e. The lowest BCUT2D eigenvalue weighted by molar-refractivity contribution is -0.0175. The predicted octanol–water partition coefficient (Wildman–Crippen LogP) is 5.02. The number of benzene rings is 3. The molecule has 5 nitrogen and oxygen atoms in total. The average Bonchev–Trinajstić information content (AvgIpc) is 3.34. The first-order valence-corrected chi connectivity index (χ1v) is 11.9. The number of aromatic nitrogens is 3. The van der Waals surface area contributed by atoms with Gasteiger partial charge in [0.05, 0.1) is 16.6 Å². The van der Waals surface area contributed by atoms with Gasteiger partial charge in [-0.25, -0.2) is 27.2 Å². The maximum absolute atomic E-state index is 14.6. The van der Waals surface area contributed by atoms with Crippen LogP contribution in [0.5, 0.6) is 0 Å². The summed E-state index contributed by atoms with van der Waals surface area (Å²) in [7, 11) is 1.76. The molecule has 0 aliphatic heterocycles. The number of halogens is 5. The molecular weight excluding hydrogens is 552 g/mol. The SMILES string of the molecule is CN(Cc1ccc(C#Cc2cc(F)c(Br)cc2F)cc1)CC(O)(Cn1cncn1)c1ccc(F)cc1F. The highest BCUT2D eigenvalue weighted by Crippen LogP contribution is 2.28. The van der Waals surface area contributed by atoms with E-state index in [1.807, 2.05) is 12.1 Å². The third-order valence-corrected chi connectivity index (χ3v) is 6.22. The number of hydrogen-bond donors (Lipinski definition) is 1. The Bertz CT molecular complexity index is 1450. The summed E-state index contributed by atoms with van der Waals surface area (Å²) in [6.07, 6.45) is 2.71. The van der Waals surface area contributed by atoms with Gasteiger partial charge in [-0.15, -0.1) is 0 Å². The second kappa shape index (κ2) is 11.3. The zero-order valence-corrected chi connectivity index (χ0v) is 21.2. The van der Waals surface area contributed by atoms with Gasteiger partial charge in [0, 0.05) is 30.3 Å². The van der Waals surface area contributed by atoms with E-state index in [0.717, 1.165) is 29.8 Å². The van der Waals surface area contributed by atoms with Gasteiger partial charge in [0.2, 0.25) is 0 Å². The van der Waals surface area contributed by atoms with E-state index < -0.39 is 28.9 Å². The first-order valence-electron chi connectivity index (χ1n) is 11.1. The molecule has 0 bridgehead atoms. The first-order chi connectivity index (χ1) is 17.6. The highest BCUT2D eigenvalue weighted by Gasteiger charge is 2.34. The van der Waals surface area contributed by atoms with Gasteiger partial charge in [-0.1, -0.05) is 30.0 Å². The molecule has 1 unspecified atom stereocenters. The Balaban J connectivity index is 1.49. The van der Waals surface area contributed by atoms with E-state index in [9.17, 15) is 22.7 Å². The lowest BCUT2D eigenvalue weighted by Crippen LogP contribution is -2.43. The maximum atomic E-state index is 14.6. The number of aliphatic hydroxyl groups is 1. The molecule has 0 fully saturated rings. The highest BCUT2D eigenvalue weighted by molar-refractivity contribution is 9.10.